The van der Waals surface area contributed by atoms with Gasteiger partial charge in [0, 0.05) is 18.2 Å². The average molecular weight is 1060 g/mol. The van der Waals surface area contributed by atoms with Crippen LogP contribution in [0.15, 0.2) is 72.8 Å². The monoisotopic (exact) mass is 1060 g/mol. The molecule has 0 fully saturated rings. The van der Waals surface area contributed by atoms with Crippen molar-refractivity contribution in [2.45, 2.75) is 132 Å². The summed E-state index contributed by atoms with van der Waals surface area (Å²) in [6.07, 6.45) is -5.00. The molecule has 8 nitrogen and oxygen atoms in total. The summed E-state index contributed by atoms with van der Waals surface area (Å²) in [6.45, 7) is 8.02. The van der Waals surface area contributed by atoms with Gasteiger partial charge in [-0.1, -0.05) is 65.0 Å². The van der Waals surface area contributed by atoms with E-state index >= 15 is 8.78 Å². The first-order chi connectivity index (χ1) is 32.0. The Morgan fingerprint density at radius 2 is 1.16 bits per heavy atom. The lowest BCUT2D eigenvalue weighted by Gasteiger charge is -2.44. The number of rotatable bonds is 27. The van der Waals surface area contributed by atoms with Crippen molar-refractivity contribution >= 4 is 26.1 Å². The van der Waals surface area contributed by atoms with Gasteiger partial charge in [0.25, 0.3) is 0 Å². The fourth-order valence-electron chi connectivity index (χ4n) is 6.96. The van der Waals surface area contributed by atoms with E-state index in [4.69, 9.17) is 23.4 Å². The first kappa shape index (κ1) is 61.4. The fourth-order valence-corrected chi connectivity index (χ4v) is 11.4. The first-order valence-electron chi connectivity index (χ1n) is 21.1. The van der Waals surface area contributed by atoms with E-state index in [1.807, 2.05) is 0 Å². The predicted octanol–water partition coefficient (Wildman–Crippen LogP) is 14.6. The normalized spacial score (nSPS) is 14.9. The van der Waals surface area contributed by atoms with Crippen LogP contribution in [0.4, 0.5) is 85.1 Å². The minimum absolute atomic E-state index is 0.142. The number of carbonyl (C=O) groups excluding carboxylic acids is 2. The maximum Gasteiger partial charge on any atom is 0.460 e. The molecule has 0 radical (unpaired) electrons. The molecule has 70 heavy (non-hydrogen) atoms. The summed E-state index contributed by atoms with van der Waals surface area (Å²) in [6, 6.07) is 11.0. The SMILES string of the molecule is CCOC(=O)/C=C/C=C/CC[C@@H](C)[C@@H](OC(=O)Nc1ccc(OC)cc1)c1ccc(OCCO[Si](CCC(F)(F)C(F)(F)C(F)(F)C(F)(F)C(F)(F)C(F)(F)C(F)(F)C(F)(F)F)(C(C)C)C(C)C)cc1. The molecule has 0 spiro atoms. The molecule has 0 unspecified atom stereocenters. The average Bonchev–Trinajstić information content (AvgIpc) is 3.26. The third kappa shape index (κ3) is 13.4. The van der Waals surface area contributed by atoms with Gasteiger partial charge in [-0.15, -0.1) is 0 Å². The van der Waals surface area contributed by atoms with Gasteiger partial charge in [0.15, 0.2) is 8.32 Å². The van der Waals surface area contributed by atoms with Crippen LogP contribution in [0, 0.1) is 5.92 Å². The molecule has 0 heterocycles. The summed E-state index contributed by atoms with van der Waals surface area (Å²) in [5.74, 6) is -57.0. The van der Waals surface area contributed by atoms with E-state index in [0.717, 1.165) is 0 Å². The number of amides is 1. The Morgan fingerprint density at radius 3 is 1.64 bits per heavy atom. The zero-order chi connectivity index (χ0) is 54.0. The van der Waals surface area contributed by atoms with E-state index in [0.29, 0.717) is 29.8 Å². The van der Waals surface area contributed by atoms with Gasteiger partial charge in [-0.3, -0.25) is 5.32 Å². The summed E-state index contributed by atoms with van der Waals surface area (Å²) >= 11 is 0. The van der Waals surface area contributed by atoms with Crippen molar-refractivity contribution in [2.24, 2.45) is 5.92 Å². The molecule has 0 saturated carbocycles. The first-order valence-corrected chi connectivity index (χ1v) is 23.4. The smallest absolute Gasteiger partial charge is 0.460 e. The minimum Gasteiger partial charge on any atom is -0.497 e. The van der Waals surface area contributed by atoms with Crippen molar-refractivity contribution in [2.75, 3.05) is 32.2 Å². The Labute approximate surface area is 393 Å². The Balaban J connectivity index is 2.29. The molecular formula is C44H52F17NO7Si. The van der Waals surface area contributed by atoms with Gasteiger partial charge < -0.3 is 23.4 Å². The summed E-state index contributed by atoms with van der Waals surface area (Å²) in [5, 5.41) is 2.62. The zero-order valence-corrected chi connectivity index (χ0v) is 39.5. The highest BCUT2D eigenvalue weighted by Crippen LogP contribution is 2.64. The summed E-state index contributed by atoms with van der Waals surface area (Å²) < 4.78 is 264. The number of hydrogen-bond acceptors (Lipinski definition) is 7. The van der Waals surface area contributed by atoms with Crippen molar-refractivity contribution in [1.29, 1.82) is 0 Å². The number of halogens is 17. The molecule has 1 N–H and O–H groups in total. The number of ether oxygens (including phenoxy) is 4. The topological polar surface area (TPSA) is 92.3 Å². The second-order valence-corrected chi connectivity index (χ2v) is 21.5. The van der Waals surface area contributed by atoms with Crippen LogP contribution in [-0.4, -0.2) is 94.9 Å². The van der Waals surface area contributed by atoms with Crippen molar-refractivity contribution in [1.82, 2.24) is 0 Å². The van der Waals surface area contributed by atoms with Gasteiger partial charge in [0.2, 0.25) is 0 Å². The standard InChI is InChI=1S/C44H52F17NO7Si/c1-8-66-34(63)14-12-10-9-11-13-29(6)35(69-36(64)62-31-17-21-32(65-7)22-18-31)30-15-19-33(20-16-30)67-24-25-68-70(27(2)3,28(4)5)26-23-37(45,46)38(47,48)39(49,50)40(51,52)41(53,54)42(55,56)43(57,58)44(59,60)61/h9-10,12,14-22,27-29,35H,8,11,13,23-26H2,1-7H3,(H,62,64)/b10-9+,14-12+/t29-,35-/m1/s1. The summed E-state index contributed by atoms with van der Waals surface area (Å²) in [5.41, 5.74) is -0.906. The number of nitrogens with one attached hydrogen (secondary N) is 1. The maximum absolute atomic E-state index is 15.1. The van der Waals surface area contributed by atoms with Gasteiger partial charge in [-0.05, 0) is 84.8 Å². The lowest BCUT2D eigenvalue weighted by molar-refractivity contribution is -0.461. The van der Waals surface area contributed by atoms with Gasteiger partial charge in [-0.25, -0.2) is 9.59 Å². The van der Waals surface area contributed by atoms with Crippen LogP contribution in [0.1, 0.15) is 72.5 Å². The third-order valence-corrected chi connectivity index (χ3v) is 16.8. The Kier molecular flexibility index (Phi) is 20.7. The maximum atomic E-state index is 15.1. The molecule has 2 atom stereocenters. The van der Waals surface area contributed by atoms with Crippen LogP contribution >= 0.6 is 0 Å². The molecule has 2 aromatic carbocycles. The van der Waals surface area contributed by atoms with E-state index in [2.05, 4.69) is 5.32 Å². The molecular weight excluding hydrogens is 1010 g/mol. The molecule has 0 aromatic heterocycles. The number of carbonyl (C=O) groups is 2. The largest absolute Gasteiger partial charge is 0.497 e. The van der Waals surface area contributed by atoms with Crippen molar-refractivity contribution in [3.8, 4) is 11.5 Å². The van der Waals surface area contributed by atoms with Gasteiger partial charge in [0.1, 0.15) is 24.2 Å². The molecule has 0 aliphatic carbocycles. The van der Waals surface area contributed by atoms with E-state index in [1.54, 1.807) is 50.3 Å². The predicted molar refractivity (Wildman–Crippen MR) is 223 cm³/mol. The molecule has 2 aromatic rings. The molecule has 398 valence electrons. The molecule has 0 bridgehead atoms. The van der Waals surface area contributed by atoms with Crippen LogP contribution in [0.2, 0.25) is 17.1 Å². The highest BCUT2D eigenvalue weighted by atomic mass is 28.4. The molecule has 0 aliphatic heterocycles. The molecule has 0 saturated heterocycles. The second-order valence-electron chi connectivity index (χ2n) is 16.5. The minimum atomic E-state index is -8.70. The number of allylic oxidation sites excluding steroid dienone is 3. The van der Waals surface area contributed by atoms with Gasteiger partial charge in [-0.2, -0.15) is 74.6 Å². The van der Waals surface area contributed by atoms with Crippen molar-refractivity contribution < 1.29 is 108 Å². The summed E-state index contributed by atoms with van der Waals surface area (Å²) in [7, 11) is -2.56. The van der Waals surface area contributed by atoms with Crippen LogP contribution in [0.25, 0.3) is 0 Å². The third-order valence-electron chi connectivity index (χ3n) is 11.1. The number of anilines is 1. The quantitative estimate of drug-likeness (QED) is 0.0238. The van der Waals surface area contributed by atoms with Crippen LogP contribution in [0.5, 0.6) is 11.5 Å². The number of methoxy groups -OCH3 is 1. The second kappa shape index (κ2) is 23.6. The number of benzene rings is 2. The van der Waals surface area contributed by atoms with E-state index in [1.165, 1.54) is 71.2 Å². The van der Waals surface area contributed by atoms with Crippen LogP contribution in [0.3, 0.4) is 0 Å². The van der Waals surface area contributed by atoms with E-state index in [9.17, 15) is 75.4 Å². The Bertz CT molecular complexity index is 2040. The molecule has 1 amide bonds. The van der Waals surface area contributed by atoms with Crippen molar-refractivity contribution in [3.63, 3.8) is 0 Å². The van der Waals surface area contributed by atoms with Gasteiger partial charge in [0.05, 0.1) is 20.3 Å². The Morgan fingerprint density at radius 1 is 0.657 bits per heavy atom. The lowest BCUT2D eigenvalue weighted by Crippen LogP contribution is -2.74. The lowest BCUT2D eigenvalue weighted by atomic mass is 9.88. The fraction of sp³-hybridized carbons (Fsp3) is 0.591. The number of alkyl halides is 17. The van der Waals surface area contributed by atoms with Crippen molar-refractivity contribution in [3.05, 3.63) is 78.4 Å². The molecule has 2 rings (SSSR count). The highest BCUT2D eigenvalue weighted by molar-refractivity contribution is 6.76. The highest BCUT2D eigenvalue weighted by Gasteiger charge is 2.95. The number of hydrogen-bond donors (Lipinski definition) is 1. The molecule has 0 aliphatic rings. The number of esters is 1. The zero-order valence-electron chi connectivity index (χ0n) is 38.5. The van der Waals surface area contributed by atoms with Crippen LogP contribution < -0.4 is 14.8 Å². The van der Waals surface area contributed by atoms with E-state index in [-0.39, 0.29) is 18.3 Å². The molecule has 26 heteroatoms. The summed E-state index contributed by atoms with van der Waals surface area (Å²) in [4.78, 5) is 24.6. The van der Waals surface area contributed by atoms with Gasteiger partial charge >= 0.3 is 59.7 Å². The van der Waals surface area contributed by atoms with Crippen LogP contribution in [-0.2, 0) is 18.7 Å². The Hall–Kier alpha value is -4.75. The van der Waals surface area contributed by atoms with E-state index < -0.39 is 111 Å².